The summed E-state index contributed by atoms with van der Waals surface area (Å²) in [5.41, 5.74) is 7.32. The van der Waals surface area contributed by atoms with Gasteiger partial charge in [0.2, 0.25) is 10.0 Å². The molecule has 0 unspecified atom stereocenters. The number of nitrogens with two attached hydrogens (primary N) is 2. The SMILES string of the molecule is N[C@@H](Cc1c[nH]c2ccccc12)S(N)(=O)=O. The average Bonchev–Trinajstić information content (AvgIpc) is 2.61. The van der Waals surface area contributed by atoms with Crippen LogP contribution in [0.3, 0.4) is 0 Å². The highest BCUT2D eigenvalue weighted by atomic mass is 32.2. The van der Waals surface area contributed by atoms with Gasteiger partial charge in [-0.3, -0.25) is 0 Å². The van der Waals surface area contributed by atoms with Crippen LogP contribution in [0.15, 0.2) is 30.5 Å². The molecule has 0 spiro atoms. The molecule has 5 nitrogen and oxygen atoms in total. The first-order valence-electron chi connectivity index (χ1n) is 4.80. The molecule has 0 fully saturated rings. The minimum atomic E-state index is -3.68. The van der Waals surface area contributed by atoms with Gasteiger partial charge in [-0.1, -0.05) is 18.2 Å². The second-order valence-electron chi connectivity index (χ2n) is 3.69. The fourth-order valence-corrected chi connectivity index (χ4v) is 2.05. The van der Waals surface area contributed by atoms with Gasteiger partial charge in [0.15, 0.2) is 0 Å². The van der Waals surface area contributed by atoms with Crippen molar-refractivity contribution in [3.8, 4) is 0 Å². The molecule has 0 aliphatic carbocycles. The van der Waals surface area contributed by atoms with Crippen molar-refractivity contribution in [2.45, 2.75) is 11.8 Å². The predicted molar refractivity (Wildman–Crippen MR) is 63.1 cm³/mol. The van der Waals surface area contributed by atoms with E-state index in [0.717, 1.165) is 16.5 Å². The van der Waals surface area contributed by atoms with Gasteiger partial charge in [0, 0.05) is 23.5 Å². The van der Waals surface area contributed by atoms with Crippen molar-refractivity contribution in [2.24, 2.45) is 10.9 Å². The highest BCUT2D eigenvalue weighted by Crippen LogP contribution is 2.19. The lowest BCUT2D eigenvalue weighted by atomic mass is 10.1. The quantitative estimate of drug-likeness (QED) is 0.717. The highest BCUT2D eigenvalue weighted by Gasteiger charge is 2.18. The van der Waals surface area contributed by atoms with Gasteiger partial charge in [0.25, 0.3) is 0 Å². The van der Waals surface area contributed by atoms with E-state index >= 15 is 0 Å². The molecule has 86 valence electrons. The summed E-state index contributed by atoms with van der Waals surface area (Å²) in [5.74, 6) is 0. The van der Waals surface area contributed by atoms with Crippen molar-refractivity contribution in [1.29, 1.82) is 0 Å². The second kappa shape index (κ2) is 3.89. The topological polar surface area (TPSA) is 102 Å². The van der Waals surface area contributed by atoms with Crippen molar-refractivity contribution < 1.29 is 8.42 Å². The van der Waals surface area contributed by atoms with Crippen LogP contribution in [0.25, 0.3) is 10.9 Å². The van der Waals surface area contributed by atoms with Gasteiger partial charge < -0.3 is 10.7 Å². The molecule has 0 saturated carbocycles. The monoisotopic (exact) mass is 239 g/mol. The maximum absolute atomic E-state index is 11.0. The van der Waals surface area contributed by atoms with Gasteiger partial charge in [-0.25, -0.2) is 13.6 Å². The third-order valence-corrected chi connectivity index (χ3v) is 3.53. The predicted octanol–water partition coefficient (Wildman–Crippen LogP) is 0.284. The molecule has 0 aliphatic rings. The van der Waals surface area contributed by atoms with E-state index in [1.165, 1.54) is 0 Å². The number of benzene rings is 1. The summed E-state index contributed by atoms with van der Waals surface area (Å²) in [6.45, 7) is 0. The van der Waals surface area contributed by atoms with Crippen LogP contribution in [0.2, 0.25) is 0 Å². The summed E-state index contributed by atoms with van der Waals surface area (Å²) < 4.78 is 22.1. The van der Waals surface area contributed by atoms with Gasteiger partial charge in [0.1, 0.15) is 5.37 Å². The first-order valence-corrected chi connectivity index (χ1v) is 6.41. The average molecular weight is 239 g/mol. The number of aromatic nitrogens is 1. The van der Waals surface area contributed by atoms with Gasteiger partial charge >= 0.3 is 0 Å². The van der Waals surface area contributed by atoms with Gasteiger partial charge in [-0.15, -0.1) is 0 Å². The van der Waals surface area contributed by atoms with Gasteiger partial charge in [0.05, 0.1) is 0 Å². The lowest BCUT2D eigenvalue weighted by molar-refractivity contribution is 0.581. The van der Waals surface area contributed by atoms with Crippen molar-refractivity contribution in [3.63, 3.8) is 0 Å². The molecule has 0 amide bonds. The Balaban J connectivity index is 2.35. The zero-order valence-corrected chi connectivity index (χ0v) is 9.37. The molecule has 0 saturated heterocycles. The van der Waals surface area contributed by atoms with Crippen LogP contribution in [0.5, 0.6) is 0 Å². The summed E-state index contributed by atoms with van der Waals surface area (Å²) in [4.78, 5) is 3.05. The summed E-state index contributed by atoms with van der Waals surface area (Å²) >= 11 is 0. The Morgan fingerprint density at radius 1 is 1.31 bits per heavy atom. The number of rotatable bonds is 3. The lowest BCUT2D eigenvalue weighted by Gasteiger charge is -2.07. The van der Waals surface area contributed by atoms with E-state index < -0.39 is 15.4 Å². The molecule has 1 aromatic carbocycles. The van der Waals surface area contributed by atoms with E-state index in [1.807, 2.05) is 24.3 Å². The Kier molecular flexibility index (Phi) is 2.71. The van der Waals surface area contributed by atoms with E-state index in [1.54, 1.807) is 6.20 Å². The number of primary sulfonamides is 1. The number of para-hydroxylation sites is 1. The van der Waals surface area contributed by atoms with E-state index in [2.05, 4.69) is 4.98 Å². The van der Waals surface area contributed by atoms with Crippen molar-refractivity contribution >= 4 is 20.9 Å². The molecule has 1 atom stereocenters. The van der Waals surface area contributed by atoms with E-state index in [9.17, 15) is 8.42 Å². The third kappa shape index (κ3) is 2.08. The second-order valence-corrected chi connectivity index (χ2v) is 5.47. The van der Waals surface area contributed by atoms with Crippen LogP contribution >= 0.6 is 0 Å². The standard InChI is InChI=1S/C10H13N3O2S/c11-10(16(12,14)15)5-7-6-13-9-4-2-1-3-8(7)9/h1-4,6,10,13H,5,11H2,(H2,12,14,15)/t10-/m1/s1. The Morgan fingerprint density at radius 2 is 2.00 bits per heavy atom. The highest BCUT2D eigenvalue weighted by molar-refractivity contribution is 7.89. The fraction of sp³-hybridized carbons (Fsp3) is 0.200. The molecule has 1 heterocycles. The molecular weight excluding hydrogens is 226 g/mol. The number of hydrogen-bond donors (Lipinski definition) is 3. The molecule has 6 heteroatoms. The summed E-state index contributed by atoms with van der Waals surface area (Å²) in [6.07, 6.45) is 1.97. The van der Waals surface area contributed by atoms with Crippen LogP contribution in [0.1, 0.15) is 5.56 Å². The minimum Gasteiger partial charge on any atom is -0.361 e. The number of aromatic amines is 1. The molecule has 2 aromatic rings. The van der Waals surface area contributed by atoms with Crippen LogP contribution in [0, 0.1) is 0 Å². The van der Waals surface area contributed by atoms with Crippen LogP contribution in [0.4, 0.5) is 0 Å². The van der Waals surface area contributed by atoms with Crippen LogP contribution in [-0.2, 0) is 16.4 Å². The van der Waals surface area contributed by atoms with E-state index in [0.29, 0.717) is 0 Å². The van der Waals surface area contributed by atoms with E-state index in [-0.39, 0.29) is 6.42 Å². The fourth-order valence-electron chi connectivity index (χ4n) is 1.63. The summed E-state index contributed by atoms with van der Waals surface area (Å²) in [5, 5.41) is 4.89. The van der Waals surface area contributed by atoms with E-state index in [4.69, 9.17) is 10.9 Å². The number of nitrogens with one attached hydrogen (secondary N) is 1. The summed E-state index contributed by atoms with van der Waals surface area (Å²) in [6, 6.07) is 7.63. The Labute approximate surface area is 93.5 Å². The third-order valence-electron chi connectivity index (χ3n) is 2.52. The lowest BCUT2D eigenvalue weighted by Crippen LogP contribution is -2.37. The smallest absolute Gasteiger partial charge is 0.225 e. The molecule has 0 aliphatic heterocycles. The normalized spacial score (nSPS) is 14.1. The van der Waals surface area contributed by atoms with Crippen LogP contribution in [-0.4, -0.2) is 18.8 Å². The summed E-state index contributed by atoms with van der Waals surface area (Å²) in [7, 11) is -3.68. The molecule has 5 N–H and O–H groups in total. The zero-order chi connectivity index (χ0) is 11.8. The van der Waals surface area contributed by atoms with Crippen LogP contribution < -0.4 is 10.9 Å². The Hall–Kier alpha value is -1.37. The maximum atomic E-state index is 11.0. The molecule has 2 rings (SSSR count). The largest absolute Gasteiger partial charge is 0.361 e. The number of sulfonamides is 1. The number of H-pyrrole nitrogens is 1. The molecule has 16 heavy (non-hydrogen) atoms. The molecule has 0 bridgehead atoms. The molecular formula is C10H13N3O2S. The van der Waals surface area contributed by atoms with Crippen molar-refractivity contribution in [1.82, 2.24) is 4.98 Å². The zero-order valence-electron chi connectivity index (χ0n) is 8.55. The Morgan fingerprint density at radius 3 is 2.69 bits per heavy atom. The molecule has 0 radical (unpaired) electrons. The van der Waals surface area contributed by atoms with Gasteiger partial charge in [-0.05, 0) is 11.6 Å². The Bertz CT molecular complexity index is 603. The van der Waals surface area contributed by atoms with Crippen molar-refractivity contribution in [2.75, 3.05) is 0 Å². The number of fused-ring (bicyclic) bond motifs is 1. The number of hydrogen-bond acceptors (Lipinski definition) is 3. The maximum Gasteiger partial charge on any atom is 0.225 e. The first kappa shape index (κ1) is 11.1. The van der Waals surface area contributed by atoms with Gasteiger partial charge in [-0.2, -0.15) is 0 Å². The first-order chi connectivity index (χ1) is 7.48. The molecule has 1 aromatic heterocycles. The minimum absolute atomic E-state index is 0.211. The van der Waals surface area contributed by atoms with Crippen molar-refractivity contribution in [3.05, 3.63) is 36.0 Å².